The van der Waals surface area contributed by atoms with E-state index < -0.39 is 0 Å². The van der Waals surface area contributed by atoms with Crippen molar-refractivity contribution in [2.24, 2.45) is 23.2 Å². The summed E-state index contributed by atoms with van der Waals surface area (Å²) >= 11 is 0. The molecule has 6 atom stereocenters. The highest BCUT2D eigenvalue weighted by Gasteiger charge is 2.65. The minimum atomic E-state index is -0.197. The van der Waals surface area contributed by atoms with Crippen LogP contribution >= 0.6 is 0 Å². The highest BCUT2D eigenvalue weighted by molar-refractivity contribution is 5.75. The lowest BCUT2D eigenvalue weighted by Crippen LogP contribution is -2.86. The molecule has 152 valence electrons. The van der Waals surface area contributed by atoms with Gasteiger partial charge in [0.2, 0.25) is 0 Å². The molecule has 2 aliphatic heterocycles. The maximum Gasteiger partial charge on any atom is 0.315 e. The van der Waals surface area contributed by atoms with Crippen LogP contribution in [0.1, 0.15) is 44.6 Å². The van der Waals surface area contributed by atoms with Gasteiger partial charge in [-0.15, -0.1) is 0 Å². The lowest BCUT2D eigenvalue weighted by molar-refractivity contribution is -0.658. The van der Waals surface area contributed by atoms with Crippen molar-refractivity contribution < 1.29 is 24.0 Å². The topological polar surface area (TPSA) is 55.4 Å². The van der Waals surface area contributed by atoms with Crippen LogP contribution in [0.3, 0.4) is 0 Å². The van der Waals surface area contributed by atoms with Crippen LogP contribution in [0.5, 0.6) is 0 Å². The number of quaternary nitrogens is 1. The highest BCUT2D eigenvalue weighted by Crippen LogP contribution is 2.62. The van der Waals surface area contributed by atoms with E-state index in [0.29, 0.717) is 11.8 Å². The predicted molar refractivity (Wildman–Crippen MR) is 102 cm³/mol. The van der Waals surface area contributed by atoms with Gasteiger partial charge in [-0.1, -0.05) is 19.1 Å². The molecule has 2 saturated carbocycles. The summed E-state index contributed by atoms with van der Waals surface area (Å²) in [6, 6.07) is 6.69. The van der Waals surface area contributed by atoms with Gasteiger partial charge in [-0.3, -0.25) is 4.79 Å². The Labute approximate surface area is 166 Å². The molecule has 4 nitrogen and oxygen atoms in total. The Balaban J connectivity index is 1.20. The van der Waals surface area contributed by atoms with Gasteiger partial charge >= 0.3 is 5.97 Å². The SMILES string of the molecule is C[C@]12CCC[C@]3(CO3)[C@H]1C[C@@H]1[C@H](C[NH2+]CCc3ccc(F)cc3)C(=O)O[C@@H]1C2. The Hall–Kier alpha value is -1.46. The van der Waals surface area contributed by atoms with E-state index in [4.69, 9.17) is 9.47 Å². The molecular weight excluding hydrogens is 357 g/mol. The summed E-state index contributed by atoms with van der Waals surface area (Å²) in [4.78, 5) is 12.6. The second kappa shape index (κ2) is 6.81. The fourth-order valence-electron chi connectivity index (χ4n) is 6.44. The minimum absolute atomic E-state index is 0.000458. The van der Waals surface area contributed by atoms with Gasteiger partial charge in [0.15, 0.2) is 0 Å². The van der Waals surface area contributed by atoms with Gasteiger partial charge in [-0.05, 0) is 61.1 Å². The molecule has 2 aliphatic carbocycles. The number of benzene rings is 1. The number of carbonyl (C=O) groups excluding carboxylic acids is 1. The molecule has 28 heavy (non-hydrogen) atoms. The summed E-state index contributed by atoms with van der Waals surface area (Å²) in [5, 5.41) is 2.23. The summed E-state index contributed by atoms with van der Waals surface area (Å²) in [5.41, 5.74) is 1.51. The first-order valence-electron chi connectivity index (χ1n) is 10.9. The zero-order valence-corrected chi connectivity index (χ0v) is 16.7. The number of epoxide rings is 1. The van der Waals surface area contributed by atoms with Crippen molar-refractivity contribution in [2.45, 2.75) is 57.2 Å². The molecule has 2 saturated heterocycles. The van der Waals surface area contributed by atoms with Gasteiger partial charge in [-0.2, -0.15) is 0 Å². The predicted octanol–water partition coefficient (Wildman–Crippen LogP) is 2.46. The summed E-state index contributed by atoms with van der Waals surface area (Å²) in [6.07, 6.45) is 6.71. The third-order valence-electron chi connectivity index (χ3n) is 8.05. The Morgan fingerprint density at radius 2 is 2.04 bits per heavy atom. The van der Waals surface area contributed by atoms with Crippen LogP contribution < -0.4 is 5.32 Å². The van der Waals surface area contributed by atoms with Gasteiger partial charge in [0.1, 0.15) is 17.8 Å². The number of carbonyl (C=O) groups is 1. The average Bonchev–Trinajstić information content (AvgIpc) is 3.36. The van der Waals surface area contributed by atoms with Crippen molar-refractivity contribution >= 4 is 5.97 Å². The lowest BCUT2D eigenvalue weighted by atomic mass is 9.53. The van der Waals surface area contributed by atoms with E-state index in [0.717, 1.165) is 44.5 Å². The molecule has 0 unspecified atom stereocenters. The Bertz CT molecular complexity index is 747. The van der Waals surface area contributed by atoms with Crippen molar-refractivity contribution in [2.75, 3.05) is 19.7 Å². The average molecular weight is 389 g/mol. The van der Waals surface area contributed by atoms with Crippen molar-refractivity contribution in [3.63, 3.8) is 0 Å². The molecular formula is C23H31FNO3+. The number of hydrogen-bond acceptors (Lipinski definition) is 3. The van der Waals surface area contributed by atoms with Crippen LogP contribution in [-0.4, -0.2) is 37.4 Å². The van der Waals surface area contributed by atoms with Crippen molar-refractivity contribution in [1.29, 1.82) is 0 Å². The third kappa shape index (κ3) is 3.17. The standard InChI is InChI=1S/C23H30FNO3/c1-22-8-2-9-23(14-27-23)20(22)11-17-18(21(26)28-19(17)12-22)13-25-10-7-15-3-5-16(24)6-4-15/h3-6,17-20,25H,2,7-14H2,1H3/p+1/t17-,18+,19-,20+,22-,23+/m1/s1. The highest BCUT2D eigenvalue weighted by atomic mass is 19.1. The zero-order valence-electron chi connectivity index (χ0n) is 16.7. The molecule has 0 bridgehead atoms. The smallest absolute Gasteiger partial charge is 0.315 e. The number of rotatable bonds is 5. The number of ether oxygens (including phenoxy) is 2. The first-order chi connectivity index (χ1) is 13.5. The maximum absolute atomic E-state index is 13.0. The van der Waals surface area contributed by atoms with Gasteiger partial charge in [0.05, 0.1) is 25.3 Å². The molecule has 1 spiro atoms. The van der Waals surface area contributed by atoms with Gasteiger partial charge < -0.3 is 14.8 Å². The van der Waals surface area contributed by atoms with Crippen LogP contribution in [0.25, 0.3) is 0 Å². The molecule has 1 aromatic carbocycles. The molecule has 5 heteroatoms. The van der Waals surface area contributed by atoms with E-state index in [1.807, 2.05) is 12.1 Å². The fraction of sp³-hybridized carbons (Fsp3) is 0.696. The summed E-state index contributed by atoms with van der Waals surface area (Å²) in [5.74, 6) is 0.719. The second-order valence-electron chi connectivity index (χ2n) is 9.79. The van der Waals surface area contributed by atoms with Crippen LogP contribution in [-0.2, 0) is 20.7 Å². The normalized spacial score (nSPS) is 41.4. The van der Waals surface area contributed by atoms with Crippen molar-refractivity contribution in [3.8, 4) is 0 Å². The van der Waals surface area contributed by atoms with Crippen LogP contribution in [0.15, 0.2) is 24.3 Å². The molecule has 5 rings (SSSR count). The van der Waals surface area contributed by atoms with E-state index in [-0.39, 0.29) is 34.8 Å². The van der Waals surface area contributed by atoms with E-state index in [1.54, 1.807) is 0 Å². The minimum Gasteiger partial charge on any atom is -0.462 e. The fourth-order valence-corrected chi connectivity index (χ4v) is 6.44. The van der Waals surface area contributed by atoms with Crippen LogP contribution in [0, 0.1) is 29.0 Å². The second-order valence-corrected chi connectivity index (χ2v) is 9.79. The molecule has 4 fully saturated rings. The molecule has 0 amide bonds. The molecule has 2 N–H and O–H groups in total. The molecule has 4 aliphatic rings. The number of nitrogens with two attached hydrogens (primary N) is 1. The first-order valence-corrected chi connectivity index (χ1v) is 10.9. The van der Waals surface area contributed by atoms with Gasteiger partial charge in [-0.25, -0.2) is 4.39 Å². The summed E-state index contributed by atoms with van der Waals surface area (Å²) < 4.78 is 24.9. The Morgan fingerprint density at radius 1 is 1.25 bits per heavy atom. The molecule has 0 radical (unpaired) electrons. The van der Waals surface area contributed by atoms with Crippen molar-refractivity contribution in [3.05, 3.63) is 35.6 Å². The van der Waals surface area contributed by atoms with Gasteiger partial charge in [0.25, 0.3) is 0 Å². The van der Waals surface area contributed by atoms with Gasteiger partial charge in [0, 0.05) is 12.3 Å². The Kier molecular flexibility index (Phi) is 4.51. The number of hydrogen-bond donors (Lipinski definition) is 1. The van der Waals surface area contributed by atoms with Crippen LogP contribution in [0.2, 0.25) is 0 Å². The molecule has 1 aromatic rings. The number of esters is 1. The number of fused-ring (bicyclic) bond motifs is 3. The third-order valence-corrected chi connectivity index (χ3v) is 8.05. The molecule has 2 heterocycles. The van der Waals surface area contributed by atoms with E-state index in [9.17, 15) is 9.18 Å². The monoisotopic (exact) mass is 388 g/mol. The van der Waals surface area contributed by atoms with E-state index in [2.05, 4.69) is 12.2 Å². The van der Waals surface area contributed by atoms with Crippen LogP contribution in [0.4, 0.5) is 4.39 Å². The van der Waals surface area contributed by atoms with E-state index in [1.165, 1.54) is 31.4 Å². The lowest BCUT2D eigenvalue weighted by Gasteiger charge is -2.51. The first kappa shape index (κ1) is 18.6. The number of halogens is 1. The largest absolute Gasteiger partial charge is 0.462 e. The quantitative estimate of drug-likeness (QED) is 0.479. The zero-order chi connectivity index (χ0) is 19.4. The maximum atomic E-state index is 13.0. The summed E-state index contributed by atoms with van der Waals surface area (Å²) in [7, 11) is 0. The Morgan fingerprint density at radius 3 is 2.79 bits per heavy atom. The summed E-state index contributed by atoms with van der Waals surface area (Å²) in [6.45, 7) is 5.00. The van der Waals surface area contributed by atoms with E-state index >= 15 is 0 Å². The van der Waals surface area contributed by atoms with Crippen molar-refractivity contribution in [1.82, 2.24) is 0 Å². The molecule has 0 aromatic heterocycles.